The maximum atomic E-state index is 12.9. The number of hydrogen-bond donors (Lipinski definition) is 1. The van der Waals surface area contributed by atoms with E-state index in [-0.39, 0.29) is 24.4 Å². The summed E-state index contributed by atoms with van der Waals surface area (Å²) in [5.74, 6) is -0.426. The van der Waals surface area contributed by atoms with E-state index in [2.05, 4.69) is 5.32 Å². The van der Waals surface area contributed by atoms with Crippen molar-refractivity contribution >= 4 is 15.9 Å². The molecule has 1 N–H and O–H groups in total. The minimum atomic E-state index is -3.27. The molecule has 1 aliphatic rings. The second-order valence-electron chi connectivity index (χ2n) is 6.72. The minimum Gasteiger partial charge on any atom is -0.345 e. The van der Waals surface area contributed by atoms with Crippen LogP contribution in [-0.2, 0) is 14.8 Å². The summed E-state index contributed by atoms with van der Waals surface area (Å²) in [4.78, 5) is 12.9. The van der Waals surface area contributed by atoms with Gasteiger partial charge in [-0.1, -0.05) is 60.7 Å². The summed E-state index contributed by atoms with van der Waals surface area (Å²) in [6, 6.07) is 19.4. The Kier molecular flexibility index (Phi) is 5.74. The third-order valence-corrected chi connectivity index (χ3v) is 6.05. The third kappa shape index (κ3) is 4.51. The van der Waals surface area contributed by atoms with Crippen LogP contribution in [0.25, 0.3) is 0 Å². The standard InChI is InChI=1S/C20H24N2O3S/c1-26(24,25)22-14-8-13-18(15-22)20(23)21-19(16-9-4-2-5-10-16)17-11-6-3-7-12-17/h2-7,9-12,18-19H,8,13-15H2,1H3,(H,21,23). The summed E-state index contributed by atoms with van der Waals surface area (Å²) >= 11 is 0. The zero-order chi connectivity index (χ0) is 18.6. The second kappa shape index (κ2) is 8.01. The van der Waals surface area contributed by atoms with Crippen molar-refractivity contribution in [1.29, 1.82) is 0 Å². The minimum absolute atomic E-state index is 0.101. The summed E-state index contributed by atoms with van der Waals surface area (Å²) in [5.41, 5.74) is 2.01. The first-order chi connectivity index (χ1) is 12.4. The Morgan fingerprint density at radius 1 is 1.04 bits per heavy atom. The number of sulfonamides is 1. The van der Waals surface area contributed by atoms with Gasteiger partial charge < -0.3 is 5.32 Å². The molecule has 26 heavy (non-hydrogen) atoms. The maximum Gasteiger partial charge on any atom is 0.225 e. The highest BCUT2D eigenvalue weighted by Crippen LogP contribution is 2.24. The molecule has 0 spiro atoms. The highest BCUT2D eigenvalue weighted by molar-refractivity contribution is 7.88. The molecule has 138 valence electrons. The average Bonchev–Trinajstić information content (AvgIpc) is 2.67. The number of benzene rings is 2. The number of carbonyl (C=O) groups is 1. The number of carbonyl (C=O) groups excluding carboxylic acids is 1. The van der Waals surface area contributed by atoms with E-state index >= 15 is 0 Å². The van der Waals surface area contributed by atoms with Crippen molar-refractivity contribution in [3.63, 3.8) is 0 Å². The molecule has 1 atom stereocenters. The number of nitrogens with one attached hydrogen (secondary N) is 1. The van der Waals surface area contributed by atoms with Crippen LogP contribution in [0, 0.1) is 5.92 Å². The van der Waals surface area contributed by atoms with Crippen LogP contribution >= 0.6 is 0 Å². The first-order valence-electron chi connectivity index (χ1n) is 8.80. The smallest absolute Gasteiger partial charge is 0.225 e. The summed E-state index contributed by atoms with van der Waals surface area (Å²) in [6.45, 7) is 0.740. The topological polar surface area (TPSA) is 66.5 Å². The Morgan fingerprint density at radius 2 is 1.58 bits per heavy atom. The lowest BCUT2D eigenvalue weighted by Gasteiger charge is -2.31. The molecule has 0 aromatic heterocycles. The Labute approximate surface area is 155 Å². The number of hydrogen-bond acceptors (Lipinski definition) is 3. The van der Waals surface area contributed by atoms with Gasteiger partial charge in [-0.2, -0.15) is 0 Å². The van der Waals surface area contributed by atoms with E-state index in [1.165, 1.54) is 10.6 Å². The molecular formula is C20H24N2O3S. The highest BCUT2D eigenvalue weighted by atomic mass is 32.2. The average molecular weight is 372 g/mol. The summed E-state index contributed by atoms with van der Waals surface area (Å²) in [6.07, 6.45) is 2.60. The van der Waals surface area contributed by atoms with E-state index in [4.69, 9.17) is 0 Å². The molecule has 1 amide bonds. The lowest BCUT2D eigenvalue weighted by Crippen LogP contribution is -2.45. The first kappa shape index (κ1) is 18.6. The summed E-state index contributed by atoms with van der Waals surface area (Å²) in [7, 11) is -3.27. The van der Waals surface area contributed by atoms with Crippen LogP contribution < -0.4 is 5.32 Å². The Bertz CT molecular complexity index is 798. The van der Waals surface area contributed by atoms with E-state index in [1.807, 2.05) is 60.7 Å². The van der Waals surface area contributed by atoms with Gasteiger partial charge in [0.15, 0.2) is 0 Å². The molecule has 1 unspecified atom stereocenters. The molecule has 0 radical (unpaired) electrons. The Morgan fingerprint density at radius 3 is 2.08 bits per heavy atom. The van der Waals surface area contributed by atoms with E-state index in [1.54, 1.807) is 0 Å². The fourth-order valence-corrected chi connectivity index (χ4v) is 4.28. The summed E-state index contributed by atoms with van der Waals surface area (Å²) in [5, 5.41) is 3.13. The van der Waals surface area contributed by atoms with Crippen molar-refractivity contribution < 1.29 is 13.2 Å². The Balaban J connectivity index is 1.80. The van der Waals surface area contributed by atoms with Gasteiger partial charge >= 0.3 is 0 Å². The molecule has 1 fully saturated rings. The van der Waals surface area contributed by atoms with Crippen LogP contribution in [0.5, 0.6) is 0 Å². The van der Waals surface area contributed by atoms with Gasteiger partial charge in [0.25, 0.3) is 0 Å². The molecule has 0 saturated carbocycles. The molecular weight excluding hydrogens is 348 g/mol. The van der Waals surface area contributed by atoms with Gasteiger partial charge in [-0.05, 0) is 24.0 Å². The molecule has 1 aliphatic heterocycles. The van der Waals surface area contributed by atoms with Crippen LogP contribution in [0.4, 0.5) is 0 Å². The number of nitrogens with zero attached hydrogens (tertiary/aromatic N) is 1. The third-order valence-electron chi connectivity index (χ3n) is 4.78. The predicted molar refractivity (Wildman–Crippen MR) is 102 cm³/mol. The van der Waals surface area contributed by atoms with Gasteiger partial charge in [-0.15, -0.1) is 0 Å². The van der Waals surface area contributed by atoms with E-state index in [9.17, 15) is 13.2 Å². The molecule has 6 heteroatoms. The molecule has 1 heterocycles. The van der Waals surface area contributed by atoms with Crippen LogP contribution in [0.15, 0.2) is 60.7 Å². The molecule has 5 nitrogen and oxygen atoms in total. The molecule has 2 aromatic carbocycles. The fraction of sp³-hybridized carbons (Fsp3) is 0.350. The summed E-state index contributed by atoms with van der Waals surface area (Å²) < 4.78 is 25.0. The molecule has 0 aliphatic carbocycles. The maximum absolute atomic E-state index is 12.9. The van der Waals surface area contributed by atoms with Crippen LogP contribution in [0.1, 0.15) is 30.0 Å². The van der Waals surface area contributed by atoms with Crippen molar-refractivity contribution in [2.75, 3.05) is 19.3 Å². The number of rotatable bonds is 5. The van der Waals surface area contributed by atoms with Gasteiger partial charge in [-0.3, -0.25) is 4.79 Å². The Hall–Kier alpha value is -2.18. The molecule has 0 bridgehead atoms. The fourth-order valence-electron chi connectivity index (χ4n) is 3.37. The van der Waals surface area contributed by atoms with E-state index in [0.29, 0.717) is 19.4 Å². The van der Waals surface area contributed by atoms with Crippen LogP contribution in [0.3, 0.4) is 0 Å². The van der Waals surface area contributed by atoms with Gasteiger partial charge in [0.05, 0.1) is 18.2 Å². The van der Waals surface area contributed by atoms with Crippen molar-refractivity contribution in [1.82, 2.24) is 9.62 Å². The van der Waals surface area contributed by atoms with Gasteiger partial charge in [0.1, 0.15) is 0 Å². The lowest BCUT2D eigenvalue weighted by atomic mass is 9.95. The second-order valence-corrected chi connectivity index (χ2v) is 8.71. The van der Waals surface area contributed by atoms with E-state index < -0.39 is 10.0 Å². The quantitative estimate of drug-likeness (QED) is 0.877. The highest BCUT2D eigenvalue weighted by Gasteiger charge is 2.31. The van der Waals surface area contributed by atoms with Gasteiger partial charge in [0.2, 0.25) is 15.9 Å². The van der Waals surface area contributed by atoms with Crippen molar-refractivity contribution in [3.8, 4) is 0 Å². The van der Waals surface area contributed by atoms with Crippen LogP contribution in [-0.4, -0.2) is 38.0 Å². The molecule has 1 saturated heterocycles. The normalized spacial score (nSPS) is 18.6. The largest absolute Gasteiger partial charge is 0.345 e. The first-order valence-corrected chi connectivity index (χ1v) is 10.7. The van der Waals surface area contributed by atoms with Crippen molar-refractivity contribution in [2.24, 2.45) is 5.92 Å². The van der Waals surface area contributed by atoms with Crippen molar-refractivity contribution in [3.05, 3.63) is 71.8 Å². The number of piperidine rings is 1. The molecule has 2 aromatic rings. The zero-order valence-electron chi connectivity index (χ0n) is 14.8. The lowest BCUT2D eigenvalue weighted by molar-refractivity contribution is -0.126. The predicted octanol–water partition coefficient (Wildman–Crippen LogP) is 2.56. The van der Waals surface area contributed by atoms with Gasteiger partial charge in [-0.25, -0.2) is 12.7 Å². The number of amides is 1. The SMILES string of the molecule is CS(=O)(=O)N1CCCC(C(=O)NC(c2ccccc2)c2ccccc2)C1. The van der Waals surface area contributed by atoms with Crippen LogP contribution in [0.2, 0.25) is 0 Å². The monoisotopic (exact) mass is 372 g/mol. The van der Waals surface area contributed by atoms with E-state index in [0.717, 1.165) is 11.1 Å². The van der Waals surface area contributed by atoms with Gasteiger partial charge in [0, 0.05) is 13.1 Å². The zero-order valence-corrected chi connectivity index (χ0v) is 15.7. The molecule has 3 rings (SSSR count). The van der Waals surface area contributed by atoms with Crippen molar-refractivity contribution in [2.45, 2.75) is 18.9 Å².